The standard InChI is InChI=1S/C17H26N2O3S/c1-4-21-14-9-17(18,16(14,2)3)15(20)19-6-7-22-13(10-19)12-5-8-23-11-12/h5,8,11,13-14H,4,6-7,9-10,18H2,1-3H3. The van der Waals surface area contributed by atoms with Crippen molar-refractivity contribution >= 4 is 17.2 Å². The van der Waals surface area contributed by atoms with Gasteiger partial charge in [-0.25, -0.2) is 0 Å². The number of thiophene rings is 1. The fraction of sp³-hybridized carbons (Fsp3) is 0.706. The molecule has 1 saturated heterocycles. The number of amides is 1. The minimum Gasteiger partial charge on any atom is -0.378 e. The van der Waals surface area contributed by atoms with Gasteiger partial charge >= 0.3 is 0 Å². The first kappa shape index (κ1) is 16.9. The summed E-state index contributed by atoms with van der Waals surface area (Å²) < 4.78 is 11.6. The second-order valence-electron chi connectivity index (χ2n) is 7.01. The first-order valence-electron chi connectivity index (χ1n) is 8.23. The number of morpholine rings is 1. The quantitative estimate of drug-likeness (QED) is 0.914. The highest BCUT2D eigenvalue weighted by Gasteiger charge is 2.63. The third-order valence-electron chi connectivity index (χ3n) is 5.48. The monoisotopic (exact) mass is 338 g/mol. The van der Waals surface area contributed by atoms with E-state index < -0.39 is 5.54 Å². The number of hydrogen-bond donors (Lipinski definition) is 1. The lowest BCUT2D eigenvalue weighted by molar-refractivity contribution is -0.184. The molecule has 0 spiro atoms. The van der Waals surface area contributed by atoms with Crippen LogP contribution in [0.1, 0.15) is 38.9 Å². The van der Waals surface area contributed by atoms with Crippen LogP contribution in [-0.4, -0.2) is 48.8 Å². The third kappa shape index (κ3) is 2.71. The summed E-state index contributed by atoms with van der Waals surface area (Å²) in [6.45, 7) is 8.42. The Bertz CT molecular complexity index is 560. The summed E-state index contributed by atoms with van der Waals surface area (Å²) in [6.07, 6.45) is 0.594. The van der Waals surface area contributed by atoms with Gasteiger partial charge in [-0.05, 0) is 29.3 Å². The van der Waals surface area contributed by atoms with Crippen molar-refractivity contribution < 1.29 is 14.3 Å². The first-order chi connectivity index (χ1) is 10.9. The smallest absolute Gasteiger partial charge is 0.243 e. The zero-order valence-electron chi connectivity index (χ0n) is 14.1. The predicted octanol–water partition coefficient (Wildman–Crippen LogP) is 2.18. The summed E-state index contributed by atoms with van der Waals surface area (Å²) in [5.41, 5.74) is 6.47. The molecule has 1 aliphatic carbocycles. The lowest BCUT2D eigenvalue weighted by Gasteiger charge is -2.59. The lowest BCUT2D eigenvalue weighted by Crippen LogP contribution is -2.76. The second-order valence-corrected chi connectivity index (χ2v) is 7.79. The molecule has 0 aromatic carbocycles. The number of hydrogen-bond acceptors (Lipinski definition) is 5. The van der Waals surface area contributed by atoms with Gasteiger partial charge in [0.1, 0.15) is 11.6 Å². The van der Waals surface area contributed by atoms with E-state index in [0.29, 0.717) is 32.7 Å². The summed E-state index contributed by atoms with van der Waals surface area (Å²) in [7, 11) is 0. The fourth-order valence-electron chi connectivity index (χ4n) is 3.57. The SMILES string of the molecule is CCOC1CC(N)(C(=O)N2CCOC(c3ccsc3)C2)C1(C)C. The molecule has 2 heterocycles. The van der Waals surface area contributed by atoms with Crippen molar-refractivity contribution in [2.75, 3.05) is 26.3 Å². The molecule has 3 rings (SSSR count). The Morgan fingerprint density at radius 3 is 2.96 bits per heavy atom. The number of nitrogens with two attached hydrogens (primary N) is 1. The normalized spacial score (nSPS) is 33.3. The molecule has 3 atom stereocenters. The van der Waals surface area contributed by atoms with Gasteiger partial charge in [0.2, 0.25) is 5.91 Å². The minimum absolute atomic E-state index is 0.0296. The Morgan fingerprint density at radius 2 is 2.35 bits per heavy atom. The molecule has 2 N–H and O–H groups in total. The summed E-state index contributed by atoms with van der Waals surface area (Å²) in [6, 6.07) is 2.06. The molecule has 1 aliphatic heterocycles. The Hall–Kier alpha value is -0.950. The molecule has 1 amide bonds. The maximum Gasteiger partial charge on any atom is 0.243 e. The van der Waals surface area contributed by atoms with E-state index >= 15 is 0 Å². The van der Waals surface area contributed by atoms with E-state index in [-0.39, 0.29) is 23.5 Å². The number of carbonyl (C=O) groups is 1. The maximum atomic E-state index is 13.1. The molecule has 0 bridgehead atoms. The van der Waals surface area contributed by atoms with Gasteiger partial charge in [0, 0.05) is 25.0 Å². The van der Waals surface area contributed by atoms with Crippen LogP contribution < -0.4 is 5.73 Å². The number of carbonyl (C=O) groups excluding carboxylic acids is 1. The van der Waals surface area contributed by atoms with Crippen molar-refractivity contribution in [3.05, 3.63) is 22.4 Å². The molecule has 23 heavy (non-hydrogen) atoms. The van der Waals surface area contributed by atoms with E-state index in [2.05, 4.69) is 11.4 Å². The first-order valence-corrected chi connectivity index (χ1v) is 9.18. The molecular formula is C17H26N2O3S. The van der Waals surface area contributed by atoms with Crippen LogP contribution in [0, 0.1) is 5.41 Å². The van der Waals surface area contributed by atoms with Gasteiger partial charge in [-0.15, -0.1) is 0 Å². The van der Waals surface area contributed by atoms with Crippen LogP contribution in [-0.2, 0) is 14.3 Å². The molecule has 5 nitrogen and oxygen atoms in total. The number of ether oxygens (including phenoxy) is 2. The summed E-state index contributed by atoms with van der Waals surface area (Å²) in [5, 5.41) is 4.11. The van der Waals surface area contributed by atoms with Crippen molar-refractivity contribution in [2.45, 2.75) is 44.9 Å². The maximum absolute atomic E-state index is 13.1. The van der Waals surface area contributed by atoms with Crippen molar-refractivity contribution in [1.29, 1.82) is 0 Å². The van der Waals surface area contributed by atoms with Gasteiger partial charge in [-0.1, -0.05) is 13.8 Å². The molecule has 128 valence electrons. The predicted molar refractivity (Wildman–Crippen MR) is 90.3 cm³/mol. The van der Waals surface area contributed by atoms with Crippen LogP contribution in [0.3, 0.4) is 0 Å². The lowest BCUT2D eigenvalue weighted by atomic mass is 9.54. The van der Waals surface area contributed by atoms with Crippen LogP contribution in [0.15, 0.2) is 16.8 Å². The Labute approximate surface area is 141 Å². The summed E-state index contributed by atoms with van der Waals surface area (Å²) in [4.78, 5) is 14.9. The van der Waals surface area contributed by atoms with Crippen LogP contribution in [0.2, 0.25) is 0 Å². The van der Waals surface area contributed by atoms with E-state index in [1.165, 1.54) is 0 Å². The topological polar surface area (TPSA) is 64.8 Å². The third-order valence-corrected chi connectivity index (χ3v) is 6.18. The van der Waals surface area contributed by atoms with Gasteiger partial charge in [-0.2, -0.15) is 11.3 Å². The molecular weight excluding hydrogens is 312 g/mol. The Morgan fingerprint density at radius 1 is 1.57 bits per heavy atom. The van der Waals surface area contributed by atoms with Crippen molar-refractivity contribution in [2.24, 2.45) is 11.1 Å². The molecule has 1 aromatic rings. The average molecular weight is 338 g/mol. The summed E-state index contributed by atoms with van der Waals surface area (Å²) >= 11 is 1.64. The molecule has 6 heteroatoms. The summed E-state index contributed by atoms with van der Waals surface area (Å²) in [5.74, 6) is 0.0296. The van der Waals surface area contributed by atoms with Gasteiger partial charge in [0.15, 0.2) is 0 Å². The minimum atomic E-state index is -0.844. The number of nitrogens with zero attached hydrogens (tertiary/aromatic N) is 1. The molecule has 1 aromatic heterocycles. The zero-order chi connectivity index (χ0) is 16.7. The van der Waals surface area contributed by atoms with Crippen molar-refractivity contribution in [1.82, 2.24) is 4.90 Å². The van der Waals surface area contributed by atoms with Crippen LogP contribution >= 0.6 is 11.3 Å². The molecule has 2 fully saturated rings. The highest BCUT2D eigenvalue weighted by atomic mass is 32.1. The highest BCUT2D eigenvalue weighted by molar-refractivity contribution is 7.07. The molecule has 1 saturated carbocycles. The fourth-order valence-corrected chi connectivity index (χ4v) is 4.28. The Kier molecular flexibility index (Phi) is 4.53. The molecule has 3 unspecified atom stereocenters. The molecule has 2 aliphatic rings. The highest BCUT2D eigenvalue weighted by Crippen LogP contribution is 2.50. The van der Waals surface area contributed by atoms with E-state index in [1.54, 1.807) is 11.3 Å². The van der Waals surface area contributed by atoms with E-state index in [9.17, 15) is 4.79 Å². The largest absolute Gasteiger partial charge is 0.378 e. The molecule has 0 radical (unpaired) electrons. The van der Waals surface area contributed by atoms with E-state index in [1.807, 2.05) is 31.1 Å². The van der Waals surface area contributed by atoms with Crippen molar-refractivity contribution in [3.8, 4) is 0 Å². The van der Waals surface area contributed by atoms with Crippen LogP contribution in [0.25, 0.3) is 0 Å². The second kappa shape index (κ2) is 6.16. The van der Waals surface area contributed by atoms with Crippen LogP contribution in [0.4, 0.5) is 0 Å². The van der Waals surface area contributed by atoms with Gasteiger partial charge in [0.05, 0.1) is 19.3 Å². The van der Waals surface area contributed by atoms with Gasteiger partial charge in [0.25, 0.3) is 0 Å². The van der Waals surface area contributed by atoms with E-state index in [4.69, 9.17) is 15.2 Å². The van der Waals surface area contributed by atoms with Gasteiger partial charge in [-0.3, -0.25) is 4.79 Å². The van der Waals surface area contributed by atoms with Crippen molar-refractivity contribution in [3.63, 3.8) is 0 Å². The zero-order valence-corrected chi connectivity index (χ0v) is 14.9. The van der Waals surface area contributed by atoms with Gasteiger partial charge < -0.3 is 20.1 Å². The van der Waals surface area contributed by atoms with E-state index in [0.717, 1.165) is 5.56 Å². The van der Waals surface area contributed by atoms with Crippen LogP contribution in [0.5, 0.6) is 0 Å². The average Bonchev–Trinajstić information content (AvgIpc) is 3.08. The Balaban J connectivity index is 1.70. The number of rotatable bonds is 4.